The SMILES string of the molecule is C=C1CC[C@]2(C(=O)O)CC[C@]3(C)C(=CC[C@@H]4[C@@]5(C)C[C@H](O)[C@H](O[C@@H]6O[C@H](C(=O)O)[C@@H](O)[C@@H](O[C@@H]7O[C@H](C(=O)O)[C@@H](O)[C@@H](O)[C@H]7O)[C@H]6O)[C@@](C)(C(=O)O)[C@@H]5CC[C@]43C)[C@@H]2C1. The Morgan fingerprint density at radius 2 is 1.34 bits per heavy atom. The zero-order valence-corrected chi connectivity index (χ0v) is 33.5. The number of aliphatic hydroxyl groups excluding tert-OH is 6. The number of carboxylic acids is 4. The van der Waals surface area contributed by atoms with Crippen molar-refractivity contribution in [3.8, 4) is 0 Å². The number of rotatable bonds is 8. The van der Waals surface area contributed by atoms with Gasteiger partial charge in [-0.25, -0.2) is 9.59 Å². The van der Waals surface area contributed by atoms with Crippen molar-refractivity contribution in [2.24, 2.45) is 44.8 Å². The van der Waals surface area contributed by atoms with Gasteiger partial charge in [-0.3, -0.25) is 9.59 Å². The average molecular weight is 839 g/mol. The summed E-state index contributed by atoms with van der Waals surface area (Å²) in [7, 11) is 0. The highest BCUT2D eigenvalue weighted by molar-refractivity contribution is 5.77. The van der Waals surface area contributed by atoms with Gasteiger partial charge in [-0.05, 0) is 92.8 Å². The highest BCUT2D eigenvalue weighted by atomic mass is 16.7. The highest BCUT2D eigenvalue weighted by Crippen LogP contribution is 2.75. The number of carboxylic acid groups (broad SMARTS) is 4. The fourth-order valence-corrected chi connectivity index (χ4v) is 13.3. The third-order valence-electron chi connectivity index (χ3n) is 16.7. The van der Waals surface area contributed by atoms with Crippen LogP contribution in [0.2, 0.25) is 0 Å². The summed E-state index contributed by atoms with van der Waals surface area (Å²) in [6, 6.07) is 0. The molecule has 0 aromatic rings. The average Bonchev–Trinajstić information content (AvgIpc) is 3.15. The first kappa shape index (κ1) is 44.0. The molecule has 330 valence electrons. The fraction of sp³-hybridized carbons (Fsp3) is 0.805. The van der Waals surface area contributed by atoms with E-state index in [0.717, 1.165) is 11.1 Å². The van der Waals surface area contributed by atoms with Crippen molar-refractivity contribution in [1.29, 1.82) is 0 Å². The summed E-state index contributed by atoms with van der Waals surface area (Å²) in [6.45, 7) is 12.1. The third-order valence-corrected chi connectivity index (χ3v) is 16.7. The molecule has 59 heavy (non-hydrogen) atoms. The van der Waals surface area contributed by atoms with E-state index in [1.54, 1.807) is 0 Å². The van der Waals surface area contributed by atoms with E-state index >= 15 is 0 Å². The number of ether oxygens (including phenoxy) is 4. The monoisotopic (exact) mass is 838 g/mol. The van der Waals surface area contributed by atoms with Gasteiger partial charge in [0.25, 0.3) is 0 Å². The number of hydrogen-bond acceptors (Lipinski definition) is 14. The quantitative estimate of drug-likeness (QED) is 0.118. The fourth-order valence-electron chi connectivity index (χ4n) is 13.3. The lowest BCUT2D eigenvalue weighted by Gasteiger charge is -2.71. The number of aliphatic carboxylic acids is 4. The second-order valence-electron chi connectivity index (χ2n) is 19.3. The molecule has 0 spiro atoms. The van der Waals surface area contributed by atoms with Crippen molar-refractivity contribution in [3.63, 3.8) is 0 Å². The predicted octanol–water partition coefficient (Wildman–Crippen LogP) is 0.632. The van der Waals surface area contributed by atoms with Crippen molar-refractivity contribution in [2.45, 2.75) is 159 Å². The summed E-state index contributed by atoms with van der Waals surface area (Å²) < 4.78 is 22.3. The van der Waals surface area contributed by atoms with Crippen molar-refractivity contribution in [3.05, 3.63) is 23.8 Å². The van der Waals surface area contributed by atoms with Crippen LogP contribution >= 0.6 is 0 Å². The van der Waals surface area contributed by atoms with Crippen LogP contribution in [-0.2, 0) is 38.1 Å². The molecule has 0 unspecified atom stereocenters. The van der Waals surface area contributed by atoms with Gasteiger partial charge in [0.15, 0.2) is 24.8 Å². The Bertz CT molecular complexity index is 1780. The minimum atomic E-state index is -2.22. The normalized spacial score (nSPS) is 52.1. The molecule has 2 saturated heterocycles. The Morgan fingerprint density at radius 1 is 0.729 bits per heavy atom. The smallest absolute Gasteiger partial charge is 0.335 e. The van der Waals surface area contributed by atoms with Gasteiger partial charge in [-0.2, -0.15) is 0 Å². The van der Waals surface area contributed by atoms with E-state index in [0.29, 0.717) is 51.4 Å². The van der Waals surface area contributed by atoms with Crippen LogP contribution in [0.3, 0.4) is 0 Å². The van der Waals surface area contributed by atoms with E-state index in [1.807, 2.05) is 6.92 Å². The molecule has 18 nitrogen and oxygen atoms in total. The first-order valence-electron chi connectivity index (χ1n) is 20.4. The molecule has 0 radical (unpaired) electrons. The second kappa shape index (κ2) is 14.8. The Morgan fingerprint density at radius 3 is 1.93 bits per heavy atom. The van der Waals surface area contributed by atoms with Crippen LogP contribution in [0.25, 0.3) is 0 Å². The standard InChI is InChI=1S/C41H58O18/c1-16-8-11-41(36(54)55)13-12-38(3)17(18(41)14-16)6-7-20-37(2)15-19(42)30(40(5,35(52)53)21(37)9-10-39(20,38)4)59-34-26(47)27(25(46)29(58-34)32(50)51)56-33-24(45)22(43)23(44)28(57-33)31(48)49/h6,18-30,33-34,42-47H,1,7-15H2,2-5H3,(H,48,49)(H,50,51)(H,52,53)(H,54,55)/t18-,19-,20+,21+,22+,23-,24+,25-,26+,27+,28-,29-,30-,33+,34-,37+,38+,39+,40-,41-/m0/s1. The zero-order valence-electron chi connectivity index (χ0n) is 33.5. The van der Waals surface area contributed by atoms with Gasteiger partial charge in [-0.15, -0.1) is 0 Å². The van der Waals surface area contributed by atoms with Gasteiger partial charge in [0, 0.05) is 5.92 Å². The molecule has 20 atom stereocenters. The van der Waals surface area contributed by atoms with Gasteiger partial charge >= 0.3 is 23.9 Å². The minimum Gasteiger partial charge on any atom is -0.481 e. The van der Waals surface area contributed by atoms with Crippen molar-refractivity contribution < 1.29 is 89.2 Å². The van der Waals surface area contributed by atoms with E-state index in [2.05, 4.69) is 26.5 Å². The van der Waals surface area contributed by atoms with E-state index in [1.165, 1.54) is 6.92 Å². The van der Waals surface area contributed by atoms with Crippen LogP contribution in [0.4, 0.5) is 0 Å². The first-order chi connectivity index (χ1) is 27.4. The van der Waals surface area contributed by atoms with Crippen molar-refractivity contribution >= 4 is 23.9 Å². The van der Waals surface area contributed by atoms with Crippen molar-refractivity contribution in [2.75, 3.05) is 0 Å². The highest BCUT2D eigenvalue weighted by Gasteiger charge is 2.72. The van der Waals surface area contributed by atoms with Crippen LogP contribution < -0.4 is 0 Å². The molecule has 7 rings (SSSR count). The van der Waals surface area contributed by atoms with Gasteiger partial charge in [0.05, 0.1) is 16.9 Å². The number of allylic oxidation sites excluding steroid dienone is 3. The second-order valence-corrected chi connectivity index (χ2v) is 19.3. The zero-order chi connectivity index (χ0) is 43.5. The molecule has 7 aliphatic rings. The van der Waals surface area contributed by atoms with Crippen molar-refractivity contribution in [1.82, 2.24) is 0 Å². The molecule has 0 bridgehead atoms. The predicted molar refractivity (Wildman–Crippen MR) is 198 cm³/mol. The van der Waals surface area contributed by atoms with Gasteiger partial charge in [0.2, 0.25) is 0 Å². The number of aliphatic hydroxyl groups is 6. The largest absolute Gasteiger partial charge is 0.481 e. The molecular formula is C41H58O18. The molecule has 10 N–H and O–H groups in total. The lowest BCUT2D eigenvalue weighted by Crippen LogP contribution is -2.70. The number of hydrogen-bond donors (Lipinski definition) is 10. The molecule has 18 heteroatoms. The van der Waals surface area contributed by atoms with E-state index in [4.69, 9.17) is 18.9 Å². The van der Waals surface area contributed by atoms with Gasteiger partial charge < -0.3 is 70.0 Å². The third kappa shape index (κ3) is 6.26. The van der Waals surface area contributed by atoms with Crippen LogP contribution in [0.1, 0.15) is 85.5 Å². The van der Waals surface area contributed by atoms with Gasteiger partial charge in [-0.1, -0.05) is 44.6 Å². The topological polar surface area (TPSA) is 307 Å². The molecule has 0 aromatic carbocycles. The molecule has 0 amide bonds. The van der Waals surface area contributed by atoms with Crippen LogP contribution in [0.15, 0.2) is 23.8 Å². The number of fused-ring (bicyclic) bond motifs is 7. The summed E-state index contributed by atoms with van der Waals surface area (Å²) in [5.41, 5.74) is -2.29. The Balaban J connectivity index is 1.19. The maximum atomic E-state index is 13.6. The summed E-state index contributed by atoms with van der Waals surface area (Å²) in [4.78, 5) is 50.6. The maximum absolute atomic E-state index is 13.6. The summed E-state index contributed by atoms with van der Waals surface area (Å²) in [5.74, 6) is -6.66. The molecule has 0 aromatic heterocycles. The first-order valence-corrected chi connectivity index (χ1v) is 20.4. The Labute approximate surface area is 340 Å². The molecular weight excluding hydrogens is 780 g/mol. The van der Waals surface area contributed by atoms with Crippen LogP contribution in [0.5, 0.6) is 0 Å². The van der Waals surface area contributed by atoms with E-state index in [9.17, 15) is 70.2 Å². The molecule has 2 aliphatic heterocycles. The Hall–Kier alpha value is -3.04. The van der Waals surface area contributed by atoms with Crippen LogP contribution in [0, 0.1) is 44.8 Å². The summed E-state index contributed by atoms with van der Waals surface area (Å²) >= 11 is 0. The summed E-state index contributed by atoms with van der Waals surface area (Å²) in [6.07, 6.45) is -18.0. The lowest BCUT2D eigenvalue weighted by molar-refractivity contribution is -0.366. The minimum absolute atomic E-state index is 0.0383. The van der Waals surface area contributed by atoms with Gasteiger partial charge in [0.1, 0.15) is 42.7 Å². The Kier molecular flexibility index (Phi) is 11.0. The lowest BCUT2D eigenvalue weighted by atomic mass is 9.33. The van der Waals surface area contributed by atoms with Crippen LogP contribution in [-0.4, -0.2) is 149 Å². The number of carbonyl (C=O) groups is 4. The maximum Gasteiger partial charge on any atom is 0.335 e. The summed E-state index contributed by atoms with van der Waals surface area (Å²) in [5, 5.41) is 107. The molecule has 6 fully saturated rings. The molecule has 2 heterocycles. The molecule has 4 saturated carbocycles. The molecule has 5 aliphatic carbocycles. The van der Waals surface area contributed by atoms with E-state index in [-0.39, 0.29) is 18.3 Å². The van der Waals surface area contributed by atoms with E-state index < -0.39 is 130 Å².